The van der Waals surface area contributed by atoms with Gasteiger partial charge in [0.2, 0.25) is 0 Å². The molecule has 0 amide bonds. The third-order valence-corrected chi connectivity index (χ3v) is 7.32. The molecular formula is C33H24O2. The highest BCUT2D eigenvalue weighted by molar-refractivity contribution is 6.18. The van der Waals surface area contributed by atoms with E-state index in [1.807, 2.05) is 6.07 Å². The van der Waals surface area contributed by atoms with Crippen molar-refractivity contribution in [2.75, 3.05) is 13.2 Å². The van der Waals surface area contributed by atoms with Crippen LogP contribution >= 0.6 is 0 Å². The lowest BCUT2D eigenvalue weighted by molar-refractivity contribution is 0.202. The van der Waals surface area contributed by atoms with E-state index >= 15 is 0 Å². The number of aliphatic hydroxyl groups is 1. The Bertz CT molecular complexity index is 1760. The predicted octanol–water partition coefficient (Wildman–Crippen LogP) is 7.76. The molecule has 0 unspecified atom stereocenters. The van der Waals surface area contributed by atoms with Crippen LogP contribution in [-0.2, 0) is 6.42 Å². The topological polar surface area (TPSA) is 29.5 Å². The van der Waals surface area contributed by atoms with Crippen molar-refractivity contribution in [3.05, 3.63) is 114 Å². The van der Waals surface area contributed by atoms with Gasteiger partial charge < -0.3 is 9.84 Å². The fourth-order valence-electron chi connectivity index (χ4n) is 5.84. The maximum Gasteiger partial charge on any atom is 0.127 e. The molecule has 0 spiro atoms. The first-order chi connectivity index (χ1) is 17.3. The highest BCUT2D eigenvalue weighted by Crippen LogP contribution is 2.47. The molecule has 0 aliphatic heterocycles. The first kappa shape index (κ1) is 20.3. The molecule has 1 aliphatic rings. The molecule has 6 aromatic rings. The van der Waals surface area contributed by atoms with Gasteiger partial charge in [0.15, 0.2) is 0 Å². The van der Waals surface area contributed by atoms with Gasteiger partial charge in [0.1, 0.15) is 12.4 Å². The van der Waals surface area contributed by atoms with E-state index in [1.165, 1.54) is 49.2 Å². The maximum atomic E-state index is 9.41. The van der Waals surface area contributed by atoms with Gasteiger partial charge in [0, 0.05) is 5.56 Å². The monoisotopic (exact) mass is 452 g/mol. The summed E-state index contributed by atoms with van der Waals surface area (Å²) >= 11 is 0. The number of hydrogen-bond donors (Lipinski definition) is 1. The molecule has 0 fully saturated rings. The molecule has 0 atom stereocenters. The quantitative estimate of drug-likeness (QED) is 0.277. The highest BCUT2D eigenvalue weighted by Gasteiger charge is 2.24. The summed E-state index contributed by atoms with van der Waals surface area (Å²) in [6.45, 7) is 0.256. The van der Waals surface area contributed by atoms with Crippen LogP contribution in [0, 0.1) is 0 Å². The van der Waals surface area contributed by atoms with E-state index in [0.717, 1.165) is 28.7 Å². The summed E-state index contributed by atoms with van der Waals surface area (Å²) in [7, 11) is 0. The van der Waals surface area contributed by atoms with Crippen molar-refractivity contribution < 1.29 is 9.84 Å². The smallest absolute Gasteiger partial charge is 0.127 e. The second-order valence-corrected chi connectivity index (χ2v) is 9.23. The molecular weight excluding hydrogens is 428 g/mol. The van der Waals surface area contributed by atoms with Gasteiger partial charge in [0.25, 0.3) is 0 Å². The Kier molecular flexibility index (Phi) is 4.61. The number of rotatable bonds is 4. The van der Waals surface area contributed by atoms with E-state index in [4.69, 9.17) is 4.74 Å². The van der Waals surface area contributed by atoms with E-state index in [2.05, 4.69) is 97.1 Å². The third-order valence-electron chi connectivity index (χ3n) is 7.32. The molecule has 2 heteroatoms. The van der Waals surface area contributed by atoms with Gasteiger partial charge >= 0.3 is 0 Å². The molecule has 6 aromatic carbocycles. The molecule has 35 heavy (non-hydrogen) atoms. The van der Waals surface area contributed by atoms with Gasteiger partial charge in [-0.1, -0.05) is 91.0 Å². The van der Waals surface area contributed by atoms with Crippen LogP contribution in [0.3, 0.4) is 0 Å². The third kappa shape index (κ3) is 3.07. The van der Waals surface area contributed by atoms with Gasteiger partial charge in [-0.15, -0.1) is 0 Å². The molecule has 7 rings (SSSR count). The van der Waals surface area contributed by atoms with Gasteiger partial charge in [0.05, 0.1) is 6.61 Å². The molecule has 1 N–H and O–H groups in total. The minimum Gasteiger partial charge on any atom is -0.491 e. The molecule has 0 bridgehead atoms. The molecule has 0 heterocycles. The second kappa shape index (κ2) is 7.97. The second-order valence-electron chi connectivity index (χ2n) is 9.23. The first-order valence-electron chi connectivity index (χ1n) is 12.1. The van der Waals surface area contributed by atoms with Crippen LogP contribution in [0.2, 0.25) is 0 Å². The molecule has 0 saturated heterocycles. The number of fused-ring (bicyclic) bond motifs is 9. The van der Waals surface area contributed by atoms with Gasteiger partial charge in [-0.2, -0.15) is 0 Å². The average Bonchev–Trinajstić information content (AvgIpc) is 3.31. The minimum absolute atomic E-state index is 0.0137. The summed E-state index contributed by atoms with van der Waals surface area (Å²) in [6, 6.07) is 37.0. The first-order valence-corrected chi connectivity index (χ1v) is 12.1. The van der Waals surface area contributed by atoms with E-state index < -0.39 is 0 Å². The lowest BCUT2D eigenvalue weighted by Gasteiger charge is -2.17. The van der Waals surface area contributed by atoms with Gasteiger partial charge in [-0.25, -0.2) is 0 Å². The Labute approximate surface area is 204 Å². The fraction of sp³-hybridized carbons (Fsp3) is 0.0909. The molecule has 2 nitrogen and oxygen atoms in total. The number of benzene rings is 6. The molecule has 0 radical (unpaired) electrons. The minimum atomic E-state index is -0.0137. The van der Waals surface area contributed by atoms with Crippen molar-refractivity contribution in [3.8, 4) is 28.0 Å². The molecule has 168 valence electrons. The van der Waals surface area contributed by atoms with Crippen molar-refractivity contribution in [2.45, 2.75) is 6.42 Å². The van der Waals surface area contributed by atoms with Crippen LogP contribution < -0.4 is 4.74 Å². The summed E-state index contributed by atoms with van der Waals surface area (Å²) in [5.74, 6) is 0.799. The highest BCUT2D eigenvalue weighted by atomic mass is 16.5. The Morgan fingerprint density at radius 2 is 1.40 bits per heavy atom. The summed E-state index contributed by atoms with van der Waals surface area (Å²) < 4.78 is 6.02. The van der Waals surface area contributed by atoms with Crippen molar-refractivity contribution in [1.29, 1.82) is 0 Å². The maximum absolute atomic E-state index is 9.41. The van der Waals surface area contributed by atoms with Crippen LogP contribution in [0.5, 0.6) is 5.75 Å². The zero-order valence-corrected chi connectivity index (χ0v) is 19.3. The zero-order chi connectivity index (χ0) is 23.4. The summed E-state index contributed by atoms with van der Waals surface area (Å²) in [5.41, 5.74) is 7.75. The van der Waals surface area contributed by atoms with E-state index in [9.17, 15) is 5.11 Å². The summed E-state index contributed by atoms with van der Waals surface area (Å²) in [6.07, 6.45) is 0.978. The Balaban J connectivity index is 1.56. The molecule has 0 saturated carbocycles. The van der Waals surface area contributed by atoms with Crippen LogP contribution in [-0.4, -0.2) is 18.3 Å². The SMILES string of the molecule is OCCOc1ccc2ccccc2c1-c1ccc2c3c(c4ccccc4c2c1)Cc1ccccc1-3. The summed E-state index contributed by atoms with van der Waals surface area (Å²) in [5, 5.41) is 16.9. The van der Waals surface area contributed by atoms with Crippen LogP contribution in [0.15, 0.2) is 103 Å². The predicted molar refractivity (Wildman–Crippen MR) is 145 cm³/mol. The van der Waals surface area contributed by atoms with Crippen molar-refractivity contribution in [2.24, 2.45) is 0 Å². The number of ether oxygens (including phenoxy) is 1. The average molecular weight is 453 g/mol. The fourth-order valence-corrected chi connectivity index (χ4v) is 5.84. The van der Waals surface area contributed by atoms with Crippen LogP contribution in [0.25, 0.3) is 54.6 Å². The largest absolute Gasteiger partial charge is 0.491 e. The van der Waals surface area contributed by atoms with Gasteiger partial charge in [-0.05, 0) is 78.7 Å². The summed E-state index contributed by atoms with van der Waals surface area (Å²) in [4.78, 5) is 0. The number of aliphatic hydroxyl groups excluding tert-OH is 1. The van der Waals surface area contributed by atoms with Crippen molar-refractivity contribution >= 4 is 32.3 Å². The Morgan fingerprint density at radius 3 is 2.29 bits per heavy atom. The van der Waals surface area contributed by atoms with Crippen molar-refractivity contribution in [3.63, 3.8) is 0 Å². The molecule has 1 aliphatic carbocycles. The van der Waals surface area contributed by atoms with E-state index in [0.29, 0.717) is 0 Å². The normalized spacial score (nSPS) is 12.3. The van der Waals surface area contributed by atoms with E-state index in [1.54, 1.807) is 0 Å². The molecule has 0 aromatic heterocycles. The van der Waals surface area contributed by atoms with E-state index in [-0.39, 0.29) is 13.2 Å². The Morgan fingerprint density at radius 1 is 0.629 bits per heavy atom. The van der Waals surface area contributed by atoms with Crippen LogP contribution in [0.1, 0.15) is 11.1 Å². The standard InChI is InChI=1S/C33H24O2/c34-17-18-35-31-16-14-21-7-1-3-9-24(21)32(31)23-13-15-28-29(20-23)26-11-5-6-12-27(26)30-19-22-8-2-4-10-25(22)33(28)30/h1-16,20,34H,17-19H2. The lowest BCUT2D eigenvalue weighted by Crippen LogP contribution is -2.03. The lowest BCUT2D eigenvalue weighted by atomic mass is 9.89. The van der Waals surface area contributed by atoms with Crippen LogP contribution in [0.4, 0.5) is 0 Å². The number of hydrogen-bond acceptors (Lipinski definition) is 2. The van der Waals surface area contributed by atoms with Crippen molar-refractivity contribution in [1.82, 2.24) is 0 Å². The zero-order valence-electron chi connectivity index (χ0n) is 19.3. The Hall–Kier alpha value is -4.14. The van der Waals surface area contributed by atoms with Gasteiger partial charge in [-0.3, -0.25) is 0 Å².